The minimum atomic E-state index is -1.19. The molecule has 104 valence electrons. The van der Waals surface area contributed by atoms with Crippen molar-refractivity contribution in [3.8, 4) is 16.8 Å². The molecule has 0 spiro atoms. The van der Waals surface area contributed by atoms with Crippen LogP contribution in [0.25, 0.3) is 16.8 Å². The van der Waals surface area contributed by atoms with Crippen LogP contribution in [0.3, 0.4) is 0 Å². The van der Waals surface area contributed by atoms with Gasteiger partial charge < -0.3 is 5.11 Å². The van der Waals surface area contributed by atoms with Gasteiger partial charge in [-0.05, 0) is 17.7 Å². The number of aromatic nitrogens is 2. The van der Waals surface area contributed by atoms with Crippen LogP contribution in [0.4, 0.5) is 4.39 Å². The molecule has 1 N–H and O–H groups in total. The van der Waals surface area contributed by atoms with Crippen molar-refractivity contribution in [3.63, 3.8) is 0 Å². The van der Waals surface area contributed by atoms with Crippen LogP contribution in [0.15, 0.2) is 60.9 Å². The molecule has 0 unspecified atom stereocenters. The highest BCUT2D eigenvalue weighted by molar-refractivity contribution is 5.92. The Morgan fingerprint density at radius 3 is 2.52 bits per heavy atom. The van der Waals surface area contributed by atoms with Gasteiger partial charge in [-0.3, -0.25) is 0 Å². The Morgan fingerprint density at radius 2 is 1.81 bits per heavy atom. The molecule has 0 aliphatic rings. The van der Waals surface area contributed by atoms with Crippen molar-refractivity contribution in [1.29, 1.82) is 0 Å². The number of carboxylic acids is 1. The lowest BCUT2D eigenvalue weighted by Gasteiger charge is -2.07. The van der Waals surface area contributed by atoms with Gasteiger partial charge >= 0.3 is 5.97 Å². The zero-order valence-corrected chi connectivity index (χ0v) is 10.9. The molecule has 0 bridgehead atoms. The standard InChI is InChI=1S/C16H11FN2O2/c17-14-8-4-7-13(16(20)21)15(14)19-10-12(9-18-19)11-5-2-1-3-6-11/h1-10H,(H,20,21). The van der Waals surface area contributed by atoms with Gasteiger partial charge in [0.05, 0.1) is 11.8 Å². The third-order valence-electron chi connectivity index (χ3n) is 3.14. The third-order valence-corrected chi connectivity index (χ3v) is 3.14. The highest BCUT2D eigenvalue weighted by Gasteiger charge is 2.17. The van der Waals surface area contributed by atoms with Crippen molar-refractivity contribution in [2.45, 2.75) is 0 Å². The fourth-order valence-corrected chi connectivity index (χ4v) is 2.15. The van der Waals surface area contributed by atoms with E-state index in [1.165, 1.54) is 22.9 Å². The summed E-state index contributed by atoms with van der Waals surface area (Å²) in [6.45, 7) is 0. The Hall–Kier alpha value is -2.95. The molecule has 0 amide bonds. The number of rotatable bonds is 3. The summed E-state index contributed by atoms with van der Waals surface area (Å²) in [5.41, 5.74) is 1.53. The molecule has 3 aromatic rings. The minimum Gasteiger partial charge on any atom is -0.478 e. The molecule has 3 rings (SSSR count). The molecule has 0 radical (unpaired) electrons. The maximum atomic E-state index is 14.0. The van der Waals surface area contributed by atoms with E-state index >= 15 is 0 Å². The van der Waals surface area contributed by atoms with Gasteiger partial charge in [0.25, 0.3) is 0 Å². The average molecular weight is 282 g/mol. The van der Waals surface area contributed by atoms with E-state index in [0.717, 1.165) is 11.1 Å². The third kappa shape index (κ3) is 2.41. The molecule has 0 fully saturated rings. The Labute approximate surface area is 120 Å². The predicted octanol–water partition coefficient (Wildman–Crippen LogP) is 3.38. The molecule has 2 aromatic carbocycles. The number of nitrogens with zero attached hydrogens (tertiary/aromatic N) is 2. The van der Waals surface area contributed by atoms with Gasteiger partial charge in [-0.1, -0.05) is 36.4 Å². The summed E-state index contributed by atoms with van der Waals surface area (Å²) in [6, 6.07) is 13.4. The van der Waals surface area contributed by atoms with E-state index in [-0.39, 0.29) is 11.3 Å². The number of benzene rings is 2. The first-order chi connectivity index (χ1) is 10.2. The van der Waals surface area contributed by atoms with Crippen molar-refractivity contribution >= 4 is 5.97 Å². The molecule has 0 atom stereocenters. The molecule has 5 heteroatoms. The Bertz CT molecular complexity index is 797. The number of carbonyl (C=O) groups is 1. The van der Waals surface area contributed by atoms with Crippen molar-refractivity contribution < 1.29 is 14.3 Å². The second kappa shape index (κ2) is 5.20. The van der Waals surface area contributed by atoms with Crippen LogP contribution in [-0.4, -0.2) is 20.9 Å². The topological polar surface area (TPSA) is 55.1 Å². The molecular weight excluding hydrogens is 271 g/mol. The maximum Gasteiger partial charge on any atom is 0.338 e. The highest BCUT2D eigenvalue weighted by atomic mass is 19.1. The first-order valence-electron chi connectivity index (χ1n) is 6.29. The van der Waals surface area contributed by atoms with E-state index in [4.69, 9.17) is 5.11 Å². The van der Waals surface area contributed by atoms with Crippen molar-refractivity contribution in [1.82, 2.24) is 9.78 Å². The zero-order chi connectivity index (χ0) is 14.8. The van der Waals surface area contributed by atoms with Crippen LogP contribution in [0.5, 0.6) is 0 Å². The SMILES string of the molecule is O=C(O)c1cccc(F)c1-n1cc(-c2ccccc2)cn1. The van der Waals surface area contributed by atoms with Gasteiger partial charge in [0.15, 0.2) is 0 Å². The van der Waals surface area contributed by atoms with Crippen molar-refractivity contribution in [2.75, 3.05) is 0 Å². The number of hydrogen-bond donors (Lipinski definition) is 1. The summed E-state index contributed by atoms with van der Waals surface area (Å²) >= 11 is 0. The molecule has 4 nitrogen and oxygen atoms in total. The molecule has 0 saturated heterocycles. The monoisotopic (exact) mass is 282 g/mol. The summed E-state index contributed by atoms with van der Waals surface area (Å²) < 4.78 is 15.2. The maximum absolute atomic E-state index is 14.0. The molecule has 1 heterocycles. The molecule has 1 aromatic heterocycles. The summed E-state index contributed by atoms with van der Waals surface area (Å²) in [4.78, 5) is 11.2. The number of carboxylic acid groups (broad SMARTS) is 1. The molecule has 0 aliphatic carbocycles. The van der Waals surface area contributed by atoms with Crippen LogP contribution >= 0.6 is 0 Å². The lowest BCUT2D eigenvalue weighted by molar-refractivity contribution is 0.0696. The number of halogens is 1. The first-order valence-corrected chi connectivity index (χ1v) is 6.29. The highest BCUT2D eigenvalue weighted by Crippen LogP contribution is 2.23. The summed E-state index contributed by atoms with van der Waals surface area (Å²) in [7, 11) is 0. The van der Waals surface area contributed by atoms with Crippen LogP contribution in [0, 0.1) is 5.82 Å². The second-order valence-electron chi connectivity index (χ2n) is 4.48. The van der Waals surface area contributed by atoms with Crippen LogP contribution < -0.4 is 0 Å². The fourth-order valence-electron chi connectivity index (χ4n) is 2.15. The van der Waals surface area contributed by atoms with Crippen molar-refractivity contribution in [2.24, 2.45) is 0 Å². The van der Waals surface area contributed by atoms with E-state index < -0.39 is 11.8 Å². The van der Waals surface area contributed by atoms with Gasteiger partial charge in [0.2, 0.25) is 0 Å². The van der Waals surface area contributed by atoms with Gasteiger partial charge in [0, 0.05) is 11.8 Å². The van der Waals surface area contributed by atoms with Gasteiger partial charge in [-0.15, -0.1) is 0 Å². The second-order valence-corrected chi connectivity index (χ2v) is 4.48. The van der Waals surface area contributed by atoms with E-state index in [9.17, 15) is 9.18 Å². The molecule has 21 heavy (non-hydrogen) atoms. The van der Waals surface area contributed by atoms with E-state index in [1.807, 2.05) is 30.3 Å². The molecular formula is C16H11FN2O2. The van der Waals surface area contributed by atoms with Crippen molar-refractivity contribution in [3.05, 3.63) is 72.3 Å². The Kier molecular flexibility index (Phi) is 3.23. The predicted molar refractivity (Wildman–Crippen MR) is 75.9 cm³/mol. The van der Waals surface area contributed by atoms with E-state index in [0.29, 0.717) is 0 Å². The van der Waals surface area contributed by atoms with Crippen LogP contribution in [0.2, 0.25) is 0 Å². The summed E-state index contributed by atoms with van der Waals surface area (Å²) in [5.74, 6) is -1.82. The number of hydrogen-bond acceptors (Lipinski definition) is 2. The average Bonchev–Trinajstić information content (AvgIpc) is 2.97. The number of para-hydroxylation sites is 1. The quantitative estimate of drug-likeness (QED) is 0.801. The Balaban J connectivity index is 2.11. The minimum absolute atomic E-state index is 0.0628. The lowest BCUT2D eigenvalue weighted by Crippen LogP contribution is -2.08. The largest absolute Gasteiger partial charge is 0.478 e. The lowest BCUT2D eigenvalue weighted by atomic mass is 10.1. The first kappa shape index (κ1) is 13.1. The smallest absolute Gasteiger partial charge is 0.338 e. The summed E-state index contributed by atoms with van der Waals surface area (Å²) in [5, 5.41) is 13.2. The van der Waals surface area contributed by atoms with Gasteiger partial charge in [0.1, 0.15) is 11.5 Å². The van der Waals surface area contributed by atoms with Crippen LogP contribution in [-0.2, 0) is 0 Å². The normalized spacial score (nSPS) is 10.5. The molecule has 0 saturated carbocycles. The Morgan fingerprint density at radius 1 is 1.05 bits per heavy atom. The fraction of sp³-hybridized carbons (Fsp3) is 0. The van der Waals surface area contributed by atoms with Gasteiger partial charge in [-0.2, -0.15) is 5.10 Å². The van der Waals surface area contributed by atoms with E-state index in [2.05, 4.69) is 5.10 Å². The summed E-state index contributed by atoms with van der Waals surface area (Å²) in [6.07, 6.45) is 3.19. The number of aromatic carboxylic acids is 1. The van der Waals surface area contributed by atoms with E-state index in [1.54, 1.807) is 12.4 Å². The van der Waals surface area contributed by atoms with Crippen LogP contribution in [0.1, 0.15) is 10.4 Å². The zero-order valence-electron chi connectivity index (χ0n) is 10.9. The van der Waals surface area contributed by atoms with Gasteiger partial charge in [-0.25, -0.2) is 13.9 Å². The molecule has 0 aliphatic heterocycles.